The Morgan fingerprint density at radius 1 is 0.885 bits per heavy atom. The average Bonchev–Trinajstić information content (AvgIpc) is 2.63. The Morgan fingerprint density at radius 3 is 2.23 bits per heavy atom. The van der Waals surface area contributed by atoms with E-state index in [1.807, 2.05) is 0 Å². The molecule has 0 atom stereocenters. The van der Waals surface area contributed by atoms with Crippen LogP contribution in [-0.4, -0.2) is 10.9 Å². The molecule has 4 nitrogen and oxygen atoms in total. The van der Waals surface area contributed by atoms with Crippen molar-refractivity contribution in [2.45, 2.75) is 6.18 Å². The maximum Gasteiger partial charge on any atom is 0.418 e. The van der Waals surface area contributed by atoms with E-state index >= 15 is 0 Å². The highest BCUT2D eigenvalue weighted by molar-refractivity contribution is 6.04. The average molecular weight is 357 g/mol. The Balaban J connectivity index is 1.72. The van der Waals surface area contributed by atoms with Crippen LogP contribution in [0.15, 0.2) is 72.9 Å². The van der Waals surface area contributed by atoms with Crippen LogP contribution in [0.2, 0.25) is 0 Å². The summed E-state index contributed by atoms with van der Waals surface area (Å²) in [6, 6.07) is 16.9. The number of rotatable bonds is 4. The first-order valence-electron chi connectivity index (χ1n) is 7.69. The van der Waals surface area contributed by atoms with Crippen LogP contribution in [0, 0.1) is 0 Å². The van der Waals surface area contributed by atoms with Crippen molar-refractivity contribution in [3.8, 4) is 0 Å². The number of nitrogens with one attached hydrogen (secondary N) is 2. The fourth-order valence-corrected chi connectivity index (χ4v) is 2.31. The van der Waals surface area contributed by atoms with Gasteiger partial charge in [0.1, 0.15) is 5.82 Å². The smallest absolute Gasteiger partial charge is 0.340 e. The second-order valence-corrected chi connectivity index (χ2v) is 5.42. The van der Waals surface area contributed by atoms with E-state index in [2.05, 4.69) is 15.6 Å². The van der Waals surface area contributed by atoms with E-state index in [0.717, 1.165) is 6.07 Å². The topological polar surface area (TPSA) is 54.0 Å². The van der Waals surface area contributed by atoms with Crippen LogP contribution in [-0.2, 0) is 6.18 Å². The SMILES string of the molecule is O=C(Nc1ccc(Nc2ccccc2C(F)(F)F)nc1)c1ccccc1. The first kappa shape index (κ1) is 17.5. The molecule has 0 saturated heterocycles. The molecule has 26 heavy (non-hydrogen) atoms. The molecule has 0 aliphatic rings. The van der Waals surface area contributed by atoms with Crippen LogP contribution in [0.4, 0.5) is 30.4 Å². The molecule has 0 radical (unpaired) electrons. The Labute approximate surface area is 147 Å². The van der Waals surface area contributed by atoms with Crippen molar-refractivity contribution in [2.24, 2.45) is 0 Å². The van der Waals surface area contributed by atoms with E-state index in [0.29, 0.717) is 11.3 Å². The van der Waals surface area contributed by atoms with Gasteiger partial charge in [-0.1, -0.05) is 30.3 Å². The molecule has 1 amide bonds. The van der Waals surface area contributed by atoms with Gasteiger partial charge in [0.2, 0.25) is 0 Å². The summed E-state index contributed by atoms with van der Waals surface area (Å²) in [7, 11) is 0. The van der Waals surface area contributed by atoms with E-state index in [-0.39, 0.29) is 17.4 Å². The second-order valence-electron chi connectivity index (χ2n) is 5.42. The maximum absolute atomic E-state index is 13.0. The lowest BCUT2D eigenvalue weighted by molar-refractivity contribution is -0.136. The first-order chi connectivity index (χ1) is 12.4. The van der Waals surface area contributed by atoms with Crippen molar-refractivity contribution in [1.29, 1.82) is 0 Å². The Morgan fingerprint density at radius 2 is 1.58 bits per heavy atom. The van der Waals surface area contributed by atoms with Crippen molar-refractivity contribution >= 4 is 23.1 Å². The lowest BCUT2D eigenvalue weighted by atomic mass is 10.1. The number of benzene rings is 2. The summed E-state index contributed by atoms with van der Waals surface area (Å²) in [5, 5.41) is 5.32. The molecule has 7 heteroatoms. The summed E-state index contributed by atoms with van der Waals surface area (Å²) < 4.78 is 39.0. The summed E-state index contributed by atoms with van der Waals surface area (Å²) in [5.74, 6) is -0.0602. The number of para-hydroxylation sites is 1. The third-order valence-corrected chi connectivity index (χ3v) is 3.55. The van der Waals surface area contributed by atoms with E-state index < -0.39 is 11.7 Å². The van der Waals surface area contributed by atoms with E-state index in [1.165, 1.54) is 30.5 Å². The normalized spacial score (nSPS) is 11.0. The zero-order valence-electron chi connectivity index (χ0n) is 13.4. The molecule has 3 aromatic rings. The Bertz CT molecular complexity index is 894. The first-order valence-corrected chi connectivity index (χ1v) is 7.69. The molecule has 0 bridgehead atoms. The van der Waals surface area contributed by atoms with Gasteiger partial charge >= 0.3 is 6.18 Å². The van der Waals surface area contributed by atoms with Gasteiger partial charge in [-0.25, -0.2) is 4.98 Å². The summed E-state index contributed by atoms with van der Waals surface area (Å²) >= 11 is 0. The molecule has 1 heterocycles. The van der Waals surface area contributed by atoms with Crippen LogP contribution < -0.4 is 10.6 Å². The molecule has 2 N–H and O–H groups in total. The highest BCUT2D eigenvalue weighted by Crippen LogP contribution is 2.35. The van der Waals surface area contributed by atoms with Crippen molar-refractivity contribution in [2.75, 3.05) is 10.6 Å². The summed E-state index contributed by atoms with van der Waals surface area (Å²) in [4.78, 5) is 16.1. The highest BCUT2D eigenvalue weighted by Gasteiger charge is 2.33. The number of amides is 1. The largest absolute Gasteiger partial charge is 0.418 e. The predicted octanol–water partition coefficient (Wildman–Crippen LogP) is 5.10. The number of hydrogen-bond acceptors (Lipinski definition) is 3. The monoisotopic (exact) mass is 357 g/mol. The third-order valence-electron chi connectivity index (χ3n) is 3.55. The zero-order valence-corrected chi connectivity index (χ0v) is 13.4. The molecule has 0 aliphatic carbocycles. The van der Waals surface area contributed by atoms with Gasteiger partial charge in [-0.15, -0.1) is 0 Å². The molecule has 132 valence electrons. The number of carbonyl (C=O) groups is 1. The minimum Gasteiger partial charge on any atom is -0.340 e. The molecule has 2 aromatic carbocycles. The molecule has 0 spiro atoms. The summed E-state index contributed by atoms with van der Waals surface area (Å²) in [6.45, 7) is 0. The minimum absolute atomic E-state index is 0.0893. The van der Waals surface area contributed by atoms with Crippen molar-refractivity contribution in [1.82, 2.24) is 4.98 Å². The van der Waals surface area contributed by atoms with Gasteiger partial charge < -0.3 is 10.6 Å². The molecule has 1 aromatic heterocycles. The van der Waals surface area contributed by atoms with Gasteiger partial charge in [0, 0.05) is 5.56 Å². The fraction of sp³-hybridized carbons (Fsp3) is 0.0526. The van der Waals surface area contributed by atoms with Gasteiger partial charge in [-0.3, -0.25) is 4.79 Å². The number of halogens is 3. The Hall–Kier alpha value is -3.35. The van der Waals surface area contributed by atoms with Crippen molar-refractivity contribution in [3.63, 3.8) is 0 Å². The number of aromatic nitrogens is 1. The van der Waals surface area contributed by atoms with E-state index in [1.54, 1.807) is 36.4 Å². The quantitative estimate of drug-likeness (QED) is 0.683. The fourth-order valence-electron chi connectivity index (χ4n) is 2.31. The lowest BCUT2D eigenvalue weighted by Crippen LogP contribution is -2.12. The Kier molecular flexibility index (Phi) is 4.88. The van der Waals surface area contributed by atoms with Crippen molar-refractivity contribution in [3.05, 3.63) is 84.1 Å². The maximum atomic E-state index is 13.0. The number of anilines is 3. The number of hydrogen-bond donors (Lipinski definition) is 2. The highest BCUT2D eigenvalue weighted by atomic mass is 19.4. The molecule has 0 saturated carbocycles. The number of pyridine rings is 1. The molecule has 3 rings (SSSR count). The van der Waals surface area contributed by atoms with Crippen LogP contribution >= 0.6 is 0 Å². The van der Waals surface area contributed by atoms with Crippen LogP contribution in [0.25, 0.3) is 0 Å². The van der Waals surface area contributed by atoms with Gasteiger partial charge in [-0.05, 0) is 36.4 Å². The number of carbonyl (C=O) groups excluding carboxylic acids is 1. The van der Waals surface area contributed by atoms with E-state index in [9.17, 15) is 18.0 Å². The second kappa shape index (κ2) is 7.26. The van der Waals surface area contributed by atoms with Crippen LogP contribution in [0.5, 0.6) is 0 Å². The summed E-state index contributed by atoms with van der Waals surface area (Å²) in [5.41, 5.74) is 0.0687. The molecule has 0 fully saturated rings. The van der Waals surface area contributed by atoms with Crippen LogP contribution in [0.3, 0.4) is 0 Å². The standard InChI is InChI=1S/C19H14F3N3O/c20-19(21,22)15-8-4-5-9-16(15)25-17-11-10-14(12-23-17)24-18(26)13-6-2-1-3-7-13/h1-12H,(H,23,25)(H,24,26). The number of alkyl halides is 3. The van der Waals surface area contributed by atoms with Gasteiger partial charge in [0.25, 0.3) is 5.91 Å². The van der Waals surface area contributed by atoms with E-state index in [4.69, 9.17) is 0 Å². The summed E-state index contributed by atoms with van der Waals surface area (Å²) in [6.07, 6.45) is -3.09. The zero-order chi connectivity index (χ0) is 18.6. The van der Waals surface area contributed by atoms with Crippen molar-refractivity contribution < 1.29 is 18.0 Å². The molecular formula is C19H14F3N3O. The molecule has 0 unspecified atom stereocenters. The van der Waals surface area contributed by atoms with Gasteiger partial charge in [-0.2, -0.15) is 13.2 Å². The molecule has 0 aliphatic heterocycles. The minimum atomic E-state index is -4.47. The van der Waals surface area contributed by atoms with Gasteiger partial charge in [0.15, 0.2) is 0 Å². The van der Waals surface area contributed by atoms with Crippen LogP contribution in [0.1, 0.15) is 15.9 Å². The predicted molar refractivity (Wildman–Crippen MR) is 93.4 cm³/mol. The van der Waals surface area contributed by atoms with Gasteiger partial charge in [0.05, 0.1) is 23.1 Å². The third kappa shape index (κ3) is 4.18. The molecular weight excluding hydrogens is 343 g/mol. The lowest BCUT2D eigenvalue weighted by Gasteiger charge is -2.14. The number of nitrogens with zero attached hydrogens (tertiary/aromatic N) is 1.